The maximum Gasteiger partial charge on any atom is 0.187 e. The van der Waals surface area contributed by atoms with Crippen LogP contribution in [0.25, 0.3) is 0 Å². The zero-order valence-electron chi connectivity index (χ0n) is 6.43. The van der Waals surface area contributed by atoms with Gasteiger partial charge in [-0.1, -0.05) is 0 Å². The van der Waals surface area contributed by atoms with Gasteiger partial charge in [-0.05, 0) is 18.2 Å². The molecule has 0 bridgehead atoms. The number of carbonyl (C=O) groups excluding carboxylic acids is 1. The summed E-state index contributed by atoms with van der Waals surface area (Å²) in [5, 5.41) is 8.49. The zero-order chi connectivity index (χ0) is 9.84. The van der Waals surface area contributed by atoms with Crippen LogP contribution in [0.4, 0.5) is 0 Å². The van der Waals surface area contributed by atoms with Crippen LogP contribution < -0.4 is 0 Å². The quantitative estimate of drug-likeness (QED) is 0.563. The molecule has 0 heterocycles. The average molecular weight is 195 g/mol. The van der Waals surface area contributed by atoms with Crippen molar-refractivity contribution in [1.82, 2.24) is 0 Å². The minimum Gasteiger partial charge on any atom is -0.302 e. The van der Waals surface area contributed by atoms with Crippen molar-refractivity contribution >= 4 is 17.4 Å². The summed E-state index contributed by atoms with van der Waals surface area (Å²) < 4.78 is 19.5. The van der Waals surface area contributed by atoms with Gasteiger partial charge in [0.1, 0.15) is 0 Å². The first-order valence-electron chi connectivity index (χ1n) is 3.29. The molecule has 1 aromatic rings. The Kier molecular flexibility index (Phi) is 2.90. The van der Waals surface area contributed by atoms with Gasteiger partial charge in [0, 0.05) is 5.56 Å². The number of rotatable bonds is 2. The molecule has 1 aromatic carbocycles. The monoisotopic (exact) mass is 195 g/mol. The van der Waals surface area contributed by atoms with E-state index in [1.807, 2.05) is 6.07 Å². The number of nitriles is 1. The van der Waals surface area contributed by atoms with E-state index in [1.54, 1.807) is 0 Å². The Hall–Kier alpha value is -1.51. The summed E-state index contributed by atoms with van der Waals surface area (Å²) in [6.07, 6.45) is 0.477. The molecule has 1 unspecified atom stereocenters. The molecule has 1 rings (SSSR count). The number of hydrogen-bond acceptors (Lipinski definition) is 3. The highest BCUT2D eigenvalue weighted by Gasteiger charge is 2.07. The molecule has 0 aliphatic carbocycles. The highest BCUT2D eigenvalue weighted by atomic mass is 32.2. The summed E-state index contributed by atoms with van der Waals surface area (Å²) in [6.45, 7) is 0. The topological polar surface area (TPSA) is 78.2 Å². The van der Waals surface area contributed by atoms with Crippen LogP contribution in [-0.2, 0) is 11.1 Å². The summed E-state index contributed by atoms with van der Waals surface area (Å²) >= 11 is -2.23. The van der Waals surface area contributed by atoms with Gasteiger partial charge in [0.2, 0.25) is 0 Å². The molecule has 0 saturated carbocycles. The third-order valence-corrected chi connectivity index (χ3v) is 2.19. The summed E-state index contributed by atoms with van der Waals surface area (Å²) in [5.41, 5.74) is 0.378. The van der Waals surface area contributed by atoms with Crippen molar-refractivity contribution in [2.24, 2.45) is 0 Å². The maximum absolute atomic E-state index is 10.7. The molecule has 0 aromatic heterocycles. The minimum atomic E-state index is -2.23. The summed E-state index contributed by atoms with van der Waals surface area (Å²) in [5.74, 6) is 0. The molecule has 0 radical (unpaired) electrons. The first-order chi connectivity index (χ1) is 6.19. The maximum atomic E-state index is 10.7. The second-order valence-electron chi connectivity index (χ2n) is 2.23. The summed E-state index contributed by atoms with van der Waals surface area (Å²) in [6, 6.07) is 5.79. The highest BCUT2D eigenvalue weighted by molar-refractivity contribution is 7.79. The van der Waals surface area contributed by atoms with E-state index in [1.165, 1.54) is 18.2 Å². The normalized spacial score (nSPS) is 11.7. The van der Waals surface area contributed by atoms with E-state index in [0.717, 1.165) is 0 Å². The first kappa shape index (κ1) is 9.58. The molecule has 4 nitrogen and oxygen atoms in total. The molecule has 66 valence electrons. The molecule has 1 atom stereocenters. The number of hydrogen-bond donors (Lipinski definition) is 1. The Morgan fingerprint density at radius 1 is 1.54 bits per heavy atom. The van der Waals surface area contributed by atoms with Gasteiger partial charge < -0.3 is 4.55 Å². The van der Waals surface area contributed by atoms with Gasteiger partial charge in [-0.3, -0.25) is 4.79 Å². The Morgan fingerprint density at radius 2 is 2.23 bits per heavy atom. The second-order valence-corrected chi connectivity index (χ2v) is 3.17. The van der Waals surface area contributed by atoms with Crippen molar-refractivity contribution in [3.63, 3.8) is 0 Å². The smallest absolute Gasteiger partial charge is 0.187 e. The third-order valence-electron chi connectivity index (χ3n) is 1.46. The van der Waals surface area contributed by atoms with E-state index < -0.39 is 11.1 Å². The van der Waals surface area contributed by atoms with Crippen LogP contribution in [0.1, 0.15) is 15.9 Å². The van der Waals surface area contributed by atoms with E-state index in [2.05, 4.69) is 0 Å². The van der Waals surface area contributed by atoms with Crippen molar-refractivity contribution in [1.29, 1.82) is 5.26 Å². The van der Waals surface area contributed by atoms with Crippen LogP contribution in [0.5, 0.6) is 0 Å². The standard InChI is InChI=1S/C8H5NO3S/c9-4-6-1-2-7(5-10)8(3-6)13(11)12/h1-3,5H,(H,11,12). The molecular weight excluding hydrogens is 190 g/mol. The second kappa shape index (κ2) is 3.94. The van der Waals surface area contributed by atoms with Gasteiger partial charge in [-0.2, -0.15) is 5.26 Å². The molecule has 0 fully saturated rings. The average Bonchev–Trinajstić information content (AvgIpc) is 2.16. The van der Waals surface area contributed by atoms with Gasteiger partial charge in [0.15, 0.2) is 17.4 Å². The van der Waals surface area contributed by atoms with Crippen LogP contribution in [0.2, 0.25) is 0 Å². The fourth-order valence-corrected chi connectivity index (χ4v) is 1.40. The lowest BCUT2D eigenvalue weighted by atomic mass is 10.2. The van der Waals surface area contributed by atoms with Crippen LogP contribution in [0, 0.1) is 11.3 Å². The molecule has 0 aliphatic heterocycles. The molecular formula is C8H5NO3S. The predicted octanol–water partition coefficient (Wildman–Crippen LogP) is 0.951. The van der Waals surface area contributed by atoms with Gasteiger partial charge in [-0.15, -0.1) is 0 Å². The number of carbonyl (C=O) groups is 1. The third kappa shape index (κ3) is 1.99. The van der Waals surface area contributed by atoms with Crippen molar-refractivity contribution in [2.75, 3.05) is 0 Å². The van der Waals surface area contributed by atoms with Gasteiger partial charge in [0.05, 0.1) is 16.5 Å². The van der Waals surface area contributed by atoms with Crippen LogP contribution >= 0.6 is 0 Å². The minimum absolute atomic E-state index is 0.0333. The van der Waals surface area contributed by atoms with Crippen molar-refractivity contribution in [3.05, 3.63) is 29.3 Å². The Labute approximate surface area is 77.1 Å². The van der Waals surface area contributed by atoms with Gasteiger partial charge in [0.25, 0.3) is 0 Å². The fourth-order valence-electron chi connectivity index (χ4n) is 0.853. The van der Waals surface area contributed by atoms with Gasteiger partial charge >= 0.3 is 0 Å². The molecule has 13 heavy (non-hydrogen) atoms. The van der Waals surface area contributed by atoms with Crippen LogP contribution in [0.3, 0.4) is 0 Å². The lowest BCUT2D eigenvalue weighted by molar-refractivity contribution is 0.112. The van der Waals surface area contributed by atoms with Crippen LogP contribution in [-0.4, -0.2) is 15.0 Å². The first-order valence-corrected chi connectivity index (χ1v) is 4.40. The highest BCUT2D eigenvalue weighted by Crippen LogP contribution is 2.12. The summed E-state index contributed by atoms with van der Waals surface area (Å²) in [4.78, 5) is 10.4. The molecule has 0 aliphatic rings. The van der Waals surface area contributed by atoms with Gasteiger partial charge in [-0.25, -0.2) is 4.21 Å². The SMILES string of the molecule is N#Cc1ccc(C=O)c(S(=O)O)c1. The van der Waals surface area contributed by atoms with Crippen molar-refractivity contribution in [3.8, 4) is 6.07 Å². The molecule has 0 spiro atoms. The van der Waals surface area contributed by atoms with Crippen LogP contribution in [0.15, 0.2) is 23.1 Å². The van der Waals surface area contributed by atoms with E-state index in [-0.39, 0.29) is 16.0 Å². The van der Waals surface area contributed by atoms with E-state index in [4.69, 9.17) is 9.81 Å². The Morgan fingerprint density at radius 3 is 2.69 bits per heavy atom. The zero-order valence-corrected chi connectivity index (χ0v) is 7.25. The number of benzene rings is 1. The molecule has 5 heteroatoms. The molecule has 0 amide bonds. The predicted molar refractivity (Wildman–Crippen MR) is 45.6 cm³/mol. The number of aldehydes is 1. The lowest BCUT2D eigenvalue weighted by Gasteiger charge is -1.98. The van der Waals surface area contributed by atoms with Crippen molar-refractivity contribution < 1.29 is 13.6 Å². The lowest BCUT2D eigenvalue weighted by Crippen LogP contribution is -1.95. The van der Waals surface area contributed by atoms with Crippen molar-refractivity contribution in [2.45, 2.75) is 4.90 Å². The Balaban J connectivity index is 3.36. The van der Waals surface area contributed by atoms with E-state index in [0.29, 0.717) is 6.29 Å². The molecule has 0 saturated heterocycles. The largest absolute Gasteiger partial charge is 0.302 e. The summed E-state index contributed by atoms with van der Waals surface area (Å²) in [7, 11) is 0. The molecule has 1 N–H and O–H groups in total. The Bertz CT molecular complexity index is 408. The van der Waals surface area contributed by atoms with E-state index in [9.17, 15) is 9.00 Å². The fraction of sp³-hybridized carbons (Fsp3) is 0. The van der Waals surface area contributed by atoms with E-state index >= 15 is 0 Å². The number of nitrogens with zero attached hydrogens (tertiary/aromatic N) is 1.